The maximum Gasteiger partial charge on any atom is 0.144 e. The van der Waals surface area contributed by atoms with E-state index < -0.39 is 0 Å². The Hall–Kier alpha value is -2.35. The van der Waals surface area contributed by atoms with Crippen molar-refractivity contribution in [3.8, 4) is 17.1 Å². The summed E-state index contributed by atoms with van der Waals surface area (Å²) < 4.78 is 2.37. The van der Waals surface area contributed by atoms with E-state index in [9.17, 15) is 0 Å². The standard InChI is InChI=1S/C25H32N2/c1-18-13-14-21(19(2)15-18)27-22(25(6,7)17-24(3,4)5)16-26-23(27)20-11-9-8-10-12-20/h8-16H,17H2,1-7H3. The highest BCUT2D eigenvalue weighted by Gasteiger charge is 2.32. The molecule has 0 N–H and O–H groups in total. The molecule has 0 amide bonds. The molecular formula is C25H32N2. The SMILES string of the molecule is Cc1ccc(-n2c(C(C)(C)CC(C)(C)C)cnc2-c2ccccc2)c(C)c1. The lowest BCUT2D eigenvalue weighted by molar-refractivity contribution is 0.278. The molecule has 1 aromatic heterocycles. The van der Waals surface area contributed by atoms with Gasteiger partial charge in [0.1, 0.15) is 5.82 Å². The van der Waals surface area contributed by atoms with Gasteiger partial charge in [-0.15, -0.1) is 0 Å². The molecule has 3 aromatic rings. The number of aryl methyl sites for hydroxylation is 2. The van der Waals surface area contributed by atoms with Crippen molar-refractivity contribution in [3.63, 3.8) is 0 Å². The molecule has 0 saturated carbocycles. The molecule has 2 heteroatoms. The average molecular weight is 361 g/mol. The third-order valence-electron chi connectivity index (χ3n) is 5.05. The highest BCUT2D eigenvalue weighted by atomic mass is 15.1. The summed E-state index contributed by atoms with van der Waals surface area (Å²) in [5, 5.41) is 0. The smallest absolute Gasteiger partial charge is 0.144 e. The van der Waals surface area contributed by atoms with E-state index in [2.05, 4.69) is 108 Å². The largest absolute Gasteiger partial charge is 0.296 e. The second-order valence-corrected chi connectivity index (χ2v) is 9.58. The summed E-state index contributed by atoms with van der Waals surface area (Å²) in [5.74, 6) is 1.01. The van der Waals surface area contributed by atoms with Crippen LogP contribution in [0.3, 0.4) is 0 Å². The summed E-state index contributed by atoms with van der Waals surface area (Å²) in [7, 11) is 0. The summed E-state index contributed by atoms with van der Waals surface area (Å²) in [6, 6.07) is 17.2. The van der Waals surface area contributed by atoms with Crippen molar-refractivity contribution in [3.05, 3.63) is 71.5 Å². The summed E-state index contributed by atoms with van der Waals surface area (Å²) in [4.78, 5) is 4.89. The summed E-state index contributed by atoms with van der Waals surface area (Å²) in [5.41, 5.74) is 6.45. The lowest BCUT2D eigenvalue weighted by atomic mass is 9.74. The minimum atomic E-state index is 0.00953. The van der Waals surface area contributed by atoms with Crippen molar-refractivity contribution in [2.24, 2.45) is 5.41 Å². The van der Waals surface area contributed by atoms with E-state index in [4.69, 9.17) is 4.98 Å². The van der Waals surface area contributed by atoms with Crippen molar-refractivity contribution in [1.29, 1.82) is 0 Å². The Morgan fingerprint density at radius 3 is 2.15 bits per heavy atom. The van der Waals surface area contributed by atoms with Crippen LogP contribution in [0.25, 0.3) is 17.1 Å². The molecular weight excluding hydrogens is 328 g/mol. The highest BCUT2D eigenvalue weighted by Crippen LogP contribution is 2.39. The third kappa shape index (κ3) is 4.16. The molecule has 0 bridgehead atoms. The van der Waals surface area contributed by atoms with Gasteiger partial charge >= 0.3 is 0 Å². The average Bonchev–Trinajstić information content (AvgIpc) is 2.99. The molecule has 0 unspecified atom stereocenters. The Balaban J connectivity index is 2.25. The number of imidazole rings is 1. The quantitative estimate of drug-likeness (QED) is 0.496. The van der Waals surface area contributed by atoms with Crippen LogP contribution >= 0.6 is 0 Å². The fourth-order valence-electron chi connectivity index (χ4n) is 4.34. The first-order valence-corrected chi connectivity index (χ1v) is 9.80. The minimum Gasteiger partial charge on any atom is -0.296 e. The van der Waals surface area contributed by atoms with Gasteiger partial charge in [0, 0.05) is 22.9 Å². The molecule has 0 aliphatic heterocycles. The molecule has 0 atom stereocenters. The van der Waals surface area contributed by atoms with E-state index in [0.29, 0.717) is 0 Å². The van der Waals surface area contributed by atoms with Crippen molar-refractivity contribution in [2.75, 3.05) is 0 Å². The molecule has 0 spiro atoms. The van der Waals surface area contributed by atoms with E-state index in [-0.39, 0.29) is 10.8 Å². The molecule has 27 heavy (non-hydrogen) atoms. The monoisotopic (exact) mass is 360 g/mol. The zero-order chi connectivity index (χ0) is 19.8. The van der Waals surface area contributed by atoms with Gasteiger partial charge in [-0.05, 0) is 37.3 Å². The van der Waals surface area contributed by atoms with Crippen molar-refractivity contribution >= 4 is 0 Å². The molecule has 3 rings (SSSR count). The lowest BCUT2D eigenvalue weighted by Gasteiger charge is -2.33. The van der Waals surface area contributed by atoms with Crippen molar-refractivity contribution in [1.82, 2.24) is 9.55 Å². The number of aromatic nitrogens is 2. The zero-order valence-corrected chi connectivity index (χ0v) is 17.8. The van der Waals surface area contributed by atoms with Gasteiger partial charge in [0.15, 0.2) is 0 Å². The maximum absolute atomic E-state index is 4.89. The Morgan fingerprint density at radius 2 is 1.56 bits per heavy atom. The van der Waals surface area contributed by atoms with Gasteiger partial charge in [0.25, 0.3) is 0 Å². The highest BCUT2D eigenvalue weighted by molar-refractivity contribution is 5.61. The molecule has 2 nitrogen and oxygen atoms in total. The predicted octanol–water partition coefficient (Wildman–Crippen LogP) is 6.87. The first-order valence-electron chi connectivity index (χ1n) is 9.80. The lowest BCUT2D eigenvalue weighted by Crippen LogP contribution is -2.27. The van der Waals surface area contributed by atoms with Gasteiger partial charge in [0.2, 0.25) is 0 Å². The van der Waals surface area contributed by atoms with Crippen LogP contribution in [0.4, 0.5) is 0 Å². The Kier molecular flexibility index (Phi) is 5.03. The summed E-state index contributed by atoms with van der Waals surface area (Å²) >= 11 is 0. The van der Waals surface area contributed by atoms with Crippen LogP contribution in [-0.2, 0) is 5.41 Å². The van der Waals surface area contributed by atoms with E-state index in [1.165, 1.54) is 22.5 Å². The van der Waals surface area contributed by atoms with Crippen LogP contribution in [0.1, 0.15) is 57.9 Å². The topological polar surface area (TPSA) is 17.8 Å². The first kappa shape index (κ1) is 19.4. The van der Waals surface area contributed by atoms with Gasteiger partial charge < -0.3 is 0 Å². The van der Waals surface area contributed by atoms with Gasteiger partial charge in [-0.1, -0.05) is 82.6 Å². The molecule has 0 fully saturated rings. The van der Waals surface area contributed by atoms with E-state index in [1.807, 2.05) is 0 Å². The number of benzene rings is 2. The maximum atomic E-state index is 4.89. The van der Waals surface area contributed by atoms with Crippen LogP contribution in [0.5, 0.6) is 0 Å². The number of rotatable bonds is 4. The molecule has 0 radical (unpaired) electrons. The van der Waals surface area contributed by atoms with Crippen LogP contribution in [0.2, 0.25) is 0 Å². The number of nitrogens with zero attached hydrogens (tertiary/aromatic N) is 2. The fraction of sp³-hybridized carbons (Fsp3) is 0.400. The van der Waals surface area contributed by atoms with Gasteiger partial charge in [0.05, 0.1) is 5.69 Å². The second-order valence-electron chi connectivity index (χ2n) is 9.58. The predicted molar refractivity (Wildman–Crippen MR) is 116 cm³/mol. The Morgan fingerprint density at radius 1 is 0.889 bits per heavy atom. The minimum absolute atomic E-state index is 0.00953. The number of hydrogen-bond donors (Lipinski definition) is 0. The zero-order valence-electron chi connectivity index (χ0n) is 17.8. The van der Waals surface area contributed by atoms with Crippen LogP contribution in [0.15, 0.2) is 54.7 Å². The normalized spacial score (nSPS) is 12.4. The van der Waals surface area contributed by atoms with Crippen LogP contribution in [-0.4, -0.2) is 9.55 Å². The van der Waals surface area contributed by atoms with Gasteiger partial charge in [-0.2, -0.15) is 0 Å². The van der Waals surface area contributed by atoms with E-state index in [0.717, 1.165) is 17.8 Å². The first-order chi connectivity index (χ1) is 12.6. The van der Waals surface area contributed by atoms with Crippen LogP contribution < -0.4 is 0 Å². The third-order valence-corrected chi connectivity index (χ3v) is 5.05. The number of hydrogen-bond acceptors (Lipinski definition) is 1. The van der Waals surface area contributed by atoms with Gasteiger partial charge in [-0.3, -0.25) is 4.57 Å². The molecule has 142 valence electrons. The van der Waals surface area contributed by atoms with Crippen molar-refractivity contribution < 1.29 is 0 Å². The van der Waals surface area contributed by atoms with Crippen molar-refractivity contribution in [2.45, 2.75) is 60.3 Å². The van der Waals surface area contributed by atoms with Gasteiger partial charge in [-0.25, -0.2) is 4.98 Å². The van der Waals surface area contributed by atoms with E-state index >= 15 is 0 Å². The molecule has 2 aromatic carbocycles. The second kappa shape index (κ2) is 6.99. The van der Waals surface area contributed by atoms with E-state index in [1.54, 1.807) is 0 Å². The Labute approximate surface area is 164 Å². The van der Waals surface area contributed by atoms with Crippen LogP contribution in [0, 0.1) is 19.3 Å². The molecule has 0 saturated heterocycles. The molecule has 0 aliphatic rings. The molecule has 0 aliphatic carbocycles. The fourth-order valence-corrected chi connectivity index (χ4v) is 4.34. The summed E-state index contributed by atoms with van der Waals surface area (Å²) in [6.45, 7) is 15.9. The summed E-state index contributed by atoms with van der Waals surface area (Å²) in [6.07, 6.45) is 3.16. The molecule has 1 heterocycles. The Bertz CT molecular complexity index is 925.